The molecule has 0 fully saturated rings. The molecule has 0 saturated heterocycles. The number of hydrogen-bond donors (Lipinski definition) is 4. The van der Waals surface area contributed by atoms with Gasteiger partial charge in [-0.25, -0.2) is 0 Å². The van der Waals surface area contributed by atoms with E-state index in [0.717, 1.165) is 0 Å². The van der Waals surface area contributed by atoms with Crippen molar-refractivity contribution < 1.29 is 20.5 Å². The van der Waals surface area contributed by atoms with E-state index in [2.05, 4.69) is 12.6 Å². The zero-order valence-corrected chi connectivity index (χ0v) is 9.01. The van der Waals surface area contributed by atoms with E-state index in [9.17, 15) is 13.2 Å². The molecule has 0 spiro atoms. The fraction of sp³-hybridized carbons (Fsp3) is 0.833. The summed E-state index contributed by atoms with van der Waals surface area (Å²) < 4.78 is 43.8. The predicted molar refractivity (Wildman–Crippen MR) is 55.9 cm³/mol. The van der Waals surface area contributed by atoms with Crippen LogP contribution in [0, 0.1) is 0 Å². The van der Waals surface area contributed by atoms with E-state index in [1.54, 1.807) is 0 Å². The highest BCUT2D eigenvalue weighted by Crippen LogP contribution is 1.88. The molecule has 0 aromatic rings. The molecule has 1 atom stereocenters. The van der Waals surface area contributed by atoms with Gasteiger partial charge in [0, 0.05) is 15.0 Å². The topological polar surface area (TPSA) is 109 Å². The zero-order chi connectivity index (χ0) is 13.0. The molecule has 0 radical (unpaired) electrons. The molecule has 0 aliphatic heterocycles. The van der Waals surface area contributed by atoms with Crippen molar-refractivity contribution in [2.45, 2.75) is 12.5 Å². The van der Waals surface area contributed by atoms with Gasteiger partial charge in [0.1, 0.15) is 0 Å². The molecule has 4 N–H and O–H groups in total. The predicted octanol–water partition coefficient (Wildman–Crippen LogP) is -1.36. The van der Waals surface area contributed by atoms with Crippen LogP contribution in [-0.4, -0.2) is 42.9 Å². The number of nitrogens with two attached hydrogens (primary N) is 1. The van der Waals surface area contributed by atoms with Gasteiger partial charge in [-0.05, 0) is 6.42 Å². The number of thiol groups is 1. The average molecular weight is 244 g/mol. The lowest BCUT2D eigenvalue weighted by molar-refractivity contribution is -0.121. The summed E-state index contributed by atoms with van der Waals surface area (Å²) >= 11 is 3.76. The average Bonchev–Trinajstić information content (AvgIpc) is 2.12. The largest absolute Gasteiger partial charge is 0.355 e. The van der Waals surface area contributed by atoms with Gasteiger partial charge in [-0.3, -0.25) is 9.35 Å². The Morgan fingerprint density at radius 2 is 2.29 bits per heavy atom. The minimum Gasteiger partial charge on any atom is -0.355 e. The second-order valence-corrected chi connectivity index (χ2v) is 4.43. The Morgan fingerprint density at radius 1 is 1.71 bits per heavy atom. The third kappa shape index (κ3) is 7.13. The molecule has 1 amide bonds. The Morgan fingerprint density at radius 3 is 2.71 bits per heavy atom. The first kappa shape index (κ1) is 10.2. The van der Waals surface area contributed by atoms with E-state index in [4.69, 9.17) is 13.0 Å². The summed E-state index contributed by atoms with van der Waals surface area (Å²) in [5.74, 6) is -1.51. The maximum Gasteiger partial charge on any atom is 0.264 e. The second-order valence-electron chi connectivity index (χ2n) is 2.49. The van der Waals surface area contributed by atoms with E-state index in [0.29, 0.717) is 0 Å². The lowest BCUT2D eigenvalue weighted by Crippen LogP contribution is -2.42. The fourth-order valence-electron chi connectivity index (χ4n) is 0.505. The lowest BCUT2D eigenvalue weighted by atomic mass is 10.3. The van der Waals surface area contributed by atoms with Crippen LogP contribution in [0.1, 0.15) is 9.16 Å². The highest BCUT2D eigenvalue weighted by atomic mass is 32.2. The van der Waals surface area contributed by atoms with Crippen LogP contribution in [0.3, 0.4) is 0 Å². The molecule has 0 unspecified atom stereocenters. The summed E-state index contributed by atoms with van der Waals surface area (Å²) in [5, 5.41) is 1.92. The maximum atomic E-state index is 11.2. The number of rotatable bonds is 6. The molecular formula is C6H14N2O4S2. The smallest absolute Gasteiger partial charge is 0.264 e. The van der Waals surface area contributed by atoms with Crippen LogP contribution in [0.2, 0.25) is 0 Å². The van der Waals surface area contributed by atoms with Crippen molar-refractivity contribution in [2.75, 3.05) is 18.0 Å². The van der Waals surface area contributed by atoms with Gasteiger partial charge >= 0.3 is 0 Å². The second kappa shape index (κ2) is 6.23. The molecule has 0 saturated carbocycles. The minimum atomic E-state index is -4.26. The summed E-state index contributed by atoms with van der Waals surface area (Å²) in [7, 11) is -4.26. The van der Waals surface area contributed by atoms with E-state index < -0.39 is 40.7 Å². The molecule has 0 aromatic heterocycles. The van der Waals surface area contributed by atoms with Crippen molar-refractivity contribution >= 4 is 28.7 Å². The van der Waals surface area contributed by atoms with E-state index in [1.165, 1.54) is 0 Å². The maximum absolute atomic E-state index is 11.2. The van der Waals surface area contributed by atoms with Crippen LogP contribution >= 0.6 is 12.6 Å². The summed E-state index contributed by atoms with van der Waals surface area (Å²) in [5.41, 5.74) is 5.28. The molecule has 6 nitrogen and oxygen atoms in total. The van der Waals surface area contributed by atoms with Gasteiger partial charge in [-0.1, -0.05) is 0 Å². The van der Waals surface area contributed by atoms with Gasteiger partial charge in [0.25, 0.3) is 10.1 Å². The molecular weight excluding hydrogens is 228 g/mol. The van der Waals surface area contributed by atoms with Gasteiger partial charge in [0.05, 0.1) is 11.8 Å². The number of carbonyl (C=O) groups is 1. The number of nitrogens with one attached hydrogen (secondary N) is 1. The molecule has 0 rings (SSSR count). The Labute approximate surface area is 91.2 Å². The van der Waals surface area contributed by atoms with Crippen LogP contribution in [0.4, 0.5) is 0 Å². The van der Waals surface area contributed by atoms with E-state index >= 15 is 0 Å². The van der Waals surface area contributed by atoms with Crippen molar-refractivity contribution in [3.63, 3.8) is 0 Å². The standard InChI is InChI=1S/C6H14N2O4S2/c7-5(4-13)6(9)8-2-1-3-14(10,11)12/h5,13H,1-4,7H2,(H,8,9)(H,10,11,12)/t5-/m0/s1/i2D2. The zero-order valence-electron chi connectivity index (χ0n) is 9.30. The molecule has 14 heavy (non-hydrogen) atoms. The van der Waals surface area contributed by atoms with Crippen molar-refractivity contribution in [2.24, 2.45) is 5.73 Å². The molecule has 84 valence electrons. The van der Waals surface area contributed by atoms with Crippen molar-refractivity contribution in [3.05, 3.63) is 0 Å². The molecule has 0 aliphatic rings. The van der Waals surface area contributed by atoms with Gasteiger partial charge in [0.2, 0.25) is 5.91 Å². The van der Waals surface area contributed by atoms with Gasteiger partial charge in [-0.2, -0.15) is 21.0 Å². The quantitative estimate of drug-likeness (QED) is 0.341. The number of amides is 1. The van der Waals surface area contributed by atoms with Gasteiger partial charge in [0.15, 0.2) is 0 Å². The summed E-state index contributed by atoms with van der Waals surface area (Å²) in [4.78, 5) is 11.2. The molecule has 0 bridgehead atoms. The van der Waals surface area contributed by atoms with Crippen LogP contribution in [0.5, 0.6) is 0 Å². The fourth-order valence-corrected chi connectivity index (χ4v) is 1.03. The molecule has 8 heteroatoms. The normalized spacial score (nSPS) is 16.8. The van der Waals surface area contributed by atoms with E-state index in [1.807, 2.05) is 5.32 Å². The number of hydrogen-bond acceptors (Lipinski definition) is 5. The van der Waals surface area contributed by atoms with Crippen molar-refractivity contribution in [1.82, 2.24) is 5.32 Å². The minimum absolute atomic E-state index is 0.0419. The third-order valence-corrected chi connectivity index (χ3v) is 2.34. The molecule has 0 aromatic carbocycles. The first-order valence-electron chi connectivity index (χ1n) is 4.71. The Balaban J connectivity index is 4.30. The van der Waals surface area contributed by atoms with Gasteiger partial charge in [-0.15, -0.1) is 0 Å². The SMILES string of the molecule is [2H]C([2H])(CCS(=O)(=O)O)NC(=O)[C@@H](N)CS. The first-order chi connectivity index (χ1) is 7.07. The highest BCUT2D eigenvalue weighted by molar-refractivity contribution is 7.85. The van der Waals surface area contributed by atoms with Crippen LogP contribution in [0.25, 0.3) is 0 Å². The third-order valence-electron chi connectivity index (χ3n) is 1.23. The van der Waals surface area contributed by atoms with Crippen LogP contribution < -0.4 is 11.1 Å². The number of carbonyl (C=O) groups excluding carboxylic acids is 1. The Bertz CT molecular complexity index is 346. The lowest BCUT2D eigenvalue weighted by Gasteiger charge is -2.08. The van der Waals surface area contributed by atoms with Gasteiger partial charge < -0.3 is 11.1 Å². The highest BCUT2D eigenvalue weighted by Gasteiger charge is 2.10. The molecule has 0 aliphatic carbocycles. The Kier molecular flexibility index (Phi) is 4.54. The van der Waals surface area contributed by atoms with Crippen molar-refractivity contribution in [3.8, 4) is 0 Å². The van der Waals surface area contributed by atoms with E-state index in [-0.39, 0.29) is 5.75 Å². The summed E-state index contributed by atoms with van der Waals surface area (Å²) in [6.45, 7) is -2.24. The van der Waals surface area contributed by atoms with Crippen LogP contribution in [0.15, 0.2) is 0 Å². The summed E-state index contributed by atoms with van der Waals surface area (Å²) in [6.07, 6.45) is -0.559. The van der Waals surface area contributed by atoms with Crippen molar-refractivity contribution in [1.29, 1.82) is 0 Å². The Hall–Kier alpha value is -0.310. The van der Waals surface area contributed by atoms with Crippen LogP contribution in [-0.2, 0) is 14.9 Å². The first-order valence-corrected chi connectivity index (χ1v) is 5.95. The summed E-state index contributed by atoms with van der Waals surface area (Å²) in [6, 6.07) is -0.968. The molecule has 0 heterocycles. The monoisotopic (exact) mass is 244 g/mol.